The molecule has 19 heteroatoms. The molecule has 149 heavy (non-hydrogen) atoms. The van der Waals surface area contributed by atoms with Gasteiger partial charge in [-0.1, -0.05) is 118 Å². The Morgan fingerprint density at radius 3 is 1.28 bits per heavy atom. The molecular weight excluding hydrogens is 1860 g/mol. The van der Waals surface area contributed by atoms with E-state index in [1.807, 2.05) is 56.6 Å². The van der Waals surface area contributed by atoms with Gasteiger partial charge in [-0.25, -0.2) is 0 Å². The SMILES string of the molecule is CC(=O)Oc1ccc2c(c1)CCC1C2[C@@H](c2ccc(OCCN(C)C)cc2)C[C@@]2(C)C1CC[C@@H]2O.CN(C)CCOc1ccc([C@H]2C[C@@]3(C)C(CC[C@@H]3O)C3CCc4cc(O)ccc4C32)cc1.CN(C)CCOc1ccc([C@H]2C[C@]3(C)C(=O)CCC3C3CCC4=CC(=O)CCC4=C32)cc1.C[C@]12CC=C3C4=C(CCC3C1CCC2=O)CC1(CC4)OCCO1.C[C@]12C[C@H](c3ccc(O)cc3)C3=C4CCC(=O)C=C4CCC3C1CCC2=O. The summed E-state index contributed by atoms with van der Waals surface area (Å²) in [4.78, 5) is 80.2. The molecule has 19 nitrogen and oxygen atoms in total. The van der Waals surface area contributed by atoms with Gasteiger partial charge in [0.05, 0.1) is 25.4 Å². The van der Waals surface area contributed by atoms with Crippen molar-refractivity contribution in [3.05, 3.63) is 246 Å². The summed E-state index contributed by atoms with van der Waals surface area (Å²) >= 11 is 0. The Kier molecular flexibility index (Phi) is 30.0. The minimum Gasteiger partial charge on any atom is -0.508 e. The van der Waals surface area contributed by atoms with E-state index in [0.717, 1.165) is 223 Å². The molecule has 0 bridgehead atoms. The van der Waals surface area contributed by atoms with Crippen molar-refractivity contribution < 1.29 is 77.6 Å². The van der Waals surface area contributed by atoms with Crippen LogP contribution in [0.15, 0.2) is 202 Å². The smallest absolute Gasteiger partial charge is 0.308 e. The van der Waals surface area contributed by atoms with Crippen LogP contribution in [0.5, 0.6) is 34.5 Å². The maximum Gasteiger partial charge on any atom is 0.308 e. The molecule has 1 spiro atoms. The van der Waals surface area contributed by atoms with Crippen LogP contribution in [-0.2, 0) is 51.1 Å². The summed E-state index contributed by atoms with van der Waals surface area (Å²) in [6, 6.07) is 45.7. The van der Waals surface area contributed by atoms with Crippen LogP contribution in [0.1, 0.15) is 314 Å². The van der Waals surface area contributed by atoms with Crippen molar-refractivity contribution in [2.75, 3.05) is 95.0 Å². The maximum atomic E-state index is 13.0. The zero-order valence-corrected chi connectivity index (χ0v) is 90.6. The number of phenolic OH excluding ortho intramolecular Hbond substituents is 2. The molecule has 19 aliphatic rings. The van der Waals surface area contributed by atoms with Gasteiger partial charge in [-0.15, -0.1) is 0 Å². The number of rotatable bonds is 17. The number of phenols is 2. The zero-order chi connectivity index (χ0) is 104. The lowest BCUT2D eigenvalue weighted by molar-refractivity contribution is -0.164. The molecule has 12 unspecified atom stereocenters. The van der Waals surface area contributed by atoms with Crippen molar-refractivity contribution in [2.45, 2.75) is 301 Å². The third-order valence-electron chi connectivity index (χ3n) is 41.4. The van der Waals surface area contributed by atoms with Gasteiger partial charge in [0.25, 0.3) is 0 Å². The Labute approximate surface area is 884 Å². The Bertz CT molecular complexity index is 6250. The molecule has 1 heterocycles. The first-order valence-corrected chi connectivity index (χ1v) is 57.2. The molecule has 0 aromatic heterocycles. The van der Waals surface area contributed by atoms with Gasteiger partial charge in [-0.05, 0) is 459 Å². The largest absolute Gasteiger partial charge is 0.508 e. The van der Waals surface area contributed by atoms with E-state index in [4.69, 9.17) is 28.4 Å². The number of esters is 1. The summed E-state index contributed by atoms with van der Waals surface area (Å²) in [5, 5.41) is 41.9. The number of carbonyl (C=O) groups excluding carboxylic acids is 6. The van der Waals surface area contributed by atoms with Crippen molar-refractivity contribution in [1.29, 1.82) is 0 Å². The van der Waals surface area contributed by atoms with Crippen LogP contribution in [0.3, 0.4) is 0 Å². The fourth-order valence-corrected chi connectivity index (χ4v) is 33.9. The highest BCUT2D eigenvalue weighted by molar-refractivity contribution is 5.94. The molecule has 23 atom stereocenters. The number of ketones is 5. The normalized spacial score (nSPS) is 34.3. The second-order valence-electron chi connectivity index (χ2n) is 50.4. The number of aryl methyl sites for hydroxylation is 2. The van der Waals surface area contributed by atoms with E-state index in [-0.39, 0.29) is 80.2 Å². The van der Waals surface area contributed by atoms with Gasteiger partial charge in [0.1, 0.15) is 71.7 Å². The minimum absolute atomic E-state index is 0.0128. The molecule has 6 aromatic rings. The standard InChI is InChI=1S/C30H39NO4.C28H37NO3.C28H35NO3.C24H26O3.C20H26O3/c1-19(32)35-23-10-12-24-21(17-23)7-11-25-27-13-14-28(33)30(27,2)18-26(29(24)25)20-5-8-22(9-6-20)34-16-15-31(3)4;2*1-28-17-24(18-4-8-21(9-5-18)32-15-14-29(2)3)27-22-11-7-20(30)16-19(22)6-10-23(27)25(28)12-13-26(28)31;1-24-13-20(14-2-5-16(25)6-3-14)23-18-9-7-17(26)12-15(18)4-8-19(23)21(24)10-11-22(24)27;1-19-8-6-15-14-7-9-20(22-10-11-23-20)12-13(14)2-3-16(15)17(19)4-5-18(19)21/h5-6,8-10,12,17,25-29,33H,7,11,13-16,18H2,1-4H3;4-5,7-9,11,16,23-27,30-31H,6,10,12-15,17H2,1-3H3;4-5,8-9,16,23-25H,6-7,10-15,17H2,1-3H3;2-3,5-6,12,19-21,25H,4,7-11,13H2,1H3;6,16-17H,2-5,7-12H2,1H3/t25?,26-,27?,28+,29?,30+;23?,24-,25?,26+,27?,28+;23?,24-,25?,28+;19?,20-,21?,24+;16?,17?,19-/m11110/s1. The van der Waals surface area contributed by atoms with Gasteiger partial charge in [-0.2, -0.15) is 0 Å². The summed E-state index contributed by atoms with van der Waals surface area (Å²) in [6.07, 6.45) is 36.8. The molecule has 18 aliphatic carbocycles. The number of likely N-dealkylation sites (N-methyl/N-ethyl adjacent to an activating group) is 3. The first kappa shape index (κ1) is 105. The number of carbonyl (C=O) groups is 6. The van der Waals surface area contributed by atoms with E-state index in [9.17, 15) is 49.2 Å². The molecule has 9 saturated carbocycles. The van der Waals surface area contributed by atoms with Crippen LogP contribution in [0.4, 0.5) is 0 Å². The lowest BCUT2D eigenvalue weighted by Gasteiger charge is -2.54. The number of Topliss-reactive ketones (excluding diaryl/α,β-unsaturated/α-hetero) is 3. The summed E-state index contributed by atoms with van der Waals surface area (Å²) in [7, 11) is 12.3. The van der Waals surface area contributed by atoms with E-state index in [1.165, 1.54) is 92.1 Å². The summed E-state index contributed by atoms with van der Waals surface area (Å²) in [5.74, 6) is 12.7. The Morgan fingerprint density at radius 2 is 0.812 bits per heavy atom. The third kappa shape index (κ3) is 20.2. The number of aromatic hydroxyl groups is 2. The molecule has 1 saturated heterocycles. The van der Waals surface area contributed by atoms with Gasteiger partial charge in [0.15, 0.2) is 17.4 Å². The van der Waals surface area contributed by atoms with Crippen LogP contribution >= 0.6 is 0 Å². The number of hydrogen-bond acceptors (Lipinski definition) is 19. The lowest BCUT2D eigenvalue weighted by Crippen LogP contribution is -2.47. The number of allylic oxidation sites excluding steroid dienone is 11. The quantitative estimate of drug-likeness (QED) is 0.0489. The van der Waals surface area contributed by atoms with E-state index in [0.29, 0.717) is 151 Å². The van der Waals surface area contributed by atoms with Crippen LogP contribution in [0.2, 0.25) is 0 Å². The Hall–Kier alpha value is -9.70. The van der Waals surface area contributed by atoms with Crippen molar-refractivity contribution in [1.82, 2.24) is 14.7 Å². The van der Waals surface area contributed by atoms with Gasteiger partial charge in [0.2, 0.25) is 0 Å². The van der Waals surface area contributed by atoms with Crippen LogP contribution in [0, 0.1) is 86.3 Å². The van der Waals surface area contributed by atoms with Crippen molar-refractivity contribution in [3.63, 3.8) is 0 Å². The second kappa shape index (κ2) is 42.6. The summed E-state index contributed by atoms with van der Waals surface area (Å²) in [6.45, 7) is 19.0. The van der Waals surface area contributed by atoms with Crippen LogP contribution in [-0.4, -0.2) is 183 Å². The highest BCUT2D eigenvalue weighted by atomic mass is 16.7. The fraction of sp³-hybridized carbons (Fsp3) is 0.585. The van der Waals surface area contributed by atoms with Gasteiger partial charge in [-0.3, -0.25) is 28.8 Å². The monoisotopic (exact) mass is 2020 g/mol. The molecule has 4 N–H and O–H groups in total. The molecule has 794 valence electrons. The van der Waals surface area contributed by atoms with E-state index >= 15 is 0 Å². The molecular formula is C130H163N3O16. The van der Waals surface area contributed by atoms with Gasteiger partial charge < -0.3 is 63.5 Å². The topological polar surface area (TPSA) is 248 Å². The molecule has 0 amide bonds. The third-order valence-corrected chi connectivity index (χ3v) is 41.4. The first-order valence-electron chi connectivity index (χ1n) is 57.2. The number of ether oxygens (including phenoxy) is 6. The highest BCUT2D eigenvalue weighted by Crippen LogP contribution is 2.71. The summed E-state index contributed by atoms with van der Waals surface area (Å²) in [5.41, 5.74) is 23.2. The van der Waals surface area contributed by atoms with E-state index < -0.39 is 0 Å². The number of aliphatic hydroxyl groups excluding tert-OH is 2. The number of aliphatic hydroxyl groups is 2. The van der Waals surface area contributed by atoms with Gasteiger partial charge in [0, 0.05) is 99.6 Å². The average molecular weight is 2020 g/mol. The lowest BCUT2D eigenvalue weighted by atomic mass is 9.51. The number of nitrogens with zero attached hydrogens (tertiary/aromatic N) is 3. The second-order valence-corrected chi connectivity index (χ2v) is 50.4. The maximum absolute atomic E-state index is 13.0. The van der Waals surface area contributed by atoms with Crippen LogP contribution in [0.25, 0.3) is 0 Å². The highest BCUT2D eigenvalue weighted by Gasteiger charge is 2.63. The average Bonchev–Trinajstić information content (AvgIpc) is 1.67. The number of hydrogen-bond donors (Lipinski definition) is 4. The predicted molar refractivity (Wildman–Crippen MR) is 580 cm³/mol. The van der Waals surface area contributed by atoms with E-state index in [1.54, 1.807) is 34.4 Å². The van der Waals surface area contributed by atoms with E-state index in [2.05, 4.69) is 175 Å². The van der Waals surface area contributed by atoms with Crippen molar-refractivity contribution in [2.24, 2.45) is 86.3 Å². The first-order chi connectivity index (χ1) is 71.6. The molecule has 10 fully saturated rings. The fourth-order valence-electron chi connectivity index (χ4n) is 33.9. The molecule has 6 aromatic carbocycles. The Morgan fingerprint density at radius 1 is 0.396 bits per heavy atom. The molecule has 25 rings (SSSR count). The van der Waals surface area contributed by atoms with Crippen LogP contribution < -0.4 is 18.9 Å². The summed E-state index contributed by atoms with van der Waals surface area (Å²) < 4.78 is 35.1. The number of fused-ring (bicyclic) bond motifs is 22. The zero-order valence-electron chi connectivity index (χ0n) is 90.6. The van der Waals surface area contributed by atoms with Gasteiger partial charge >= 0.3 is 5.97 Å². The number of benzene rings is 6. The molecule has 1 aliphatic heterocycles. The predicted octanol–water partition coefficient (Wildman–Crippen LogP) is 24.0. The van der Waals surface area contributed by atoms with Crippen molar-refractivity contribution >= 4 is 34.9 Å². The minimum atomic E-state index is -0.307. The Balaban J connectivity index is 0.000000110. The van der Waals surface area contributed by atoms with Crippen molar-refractivity contribution in [3.8, 4) is 34.5 Å². The molecule has 0 radical (unpaired) electrons.